The first-order chi connectivity index (χ1) is 10.9. The van der Waals surface area contributed by atoms with Crippen LogP contribution in [0.4, 0.5) is 11.4 Å². The fourth-order valence-corrected chi connectivity index (χ4v) is 3.45. The van der Waals surface area contributed by atoms with Crippen LogP contribution in [0, 0.1) is 10.1 Å². The molecule has 1 amide bonds. The SMILES string of the molecule is C.CC1CN(CC(=O)N2CCc3cc([N+](=O)[O-])ccc32)CC(C)O1. The smallest absolute Gasteiger partial charge is 0.269 e. The van der Waals surface area contributed by atoms with Crippen LogP contribution in [0.1, 0.15) is 26.8 Å². The molecular weight excluding hydrogens is 310 g/mol. The van der Waals surface area contributed by atoms with E-state index in [2.05, 4.69) is 4.90 Å². The van der Waals surface area contributed by atoms with E-state index >= 15 is 0 Å². The summed E-state index contributed by atoms with van der Waals surface area (Å²) in [4.78, 5) is 26.9. The van der Waals surface area contributed by atoms with Gasteiger partial charge in [0.25, 0.3) is 5.69 Å². The lowest BCUT2D eigenvalue weighted by Crippen LogP contribution is -2.49. The van der Waals surface area contributed by atoms with Crippen molar-refractivity contribution in [3.05, 3.63) is 33.9 Å². The molecule has 1 fully saturated rings. The molecule has 1 saturated heterocycles. The maximum Gasteiger partial charge on any atom is 0.269 e. The van der Waals surface area contributed by atoms with Crippen LogP contribution >= 0.6 is 0 Å². The van der Waals surface area contributed by atoms with E-state index in [9.17, 15) is 14.9 Å². The van der Waals surface area contributed by atoms with Gasteiger partial charge in [-0.15, -0.1) is 0 Å². The van der Waals surface area contributed by atoms with E-state index in [1.807, 2.05) is 13.8 Å². The second-order valence-corrected chi connectivity index (χ2v) is 6.32. The van der Waals surface area contributed by atoms with Crippen LogP contribution in [-0.4, -0.2) is 54.1 Å². The molecule has 0 bridgehead atoms. The zero-order valence-corrected chi connectivity index (χ0v) is 13.4. The maximum absolute atomic E-state index is 12.6. The molecule has 0 spiro atoms. The molecule has 0 N–H and O–H groups in total. The average Bonchev–Trinajstić information content (AvgIpc) is 2.88. The first-order valence-corrected chi connectivity index (χ1v) is 7.89. The number of rotatable bonds is 3. The number of carbonyl (C=O) groups is 1. The molecular formula is C17H25N3O4. The highest BCUT2D eigenvalue weighted by Crippen LogP contribution is 2.31. The number of non-ortho nitro benzene ring substituents is 1. The quantitative estimate of drug-likeness (QED) is 0.625. The summed E-state index contributed by atoms with van der Waals surface area (Å²) in [6.07, 6.45) is 0.915. The zero-order valence-electron chi connectivity index (χ0n) is 13.4. The fraction of sp³-hybridized carbons (Fsp3) is 0.588. The molecule has 0 saturated carbocycles. The third-order valence-electron chi connectivity index (χ3n) is 4.32. The minimum Gasteiger partial charge on any atom is -0.373 e. The van der Waals surface area contributed by atoms with Crippen LogP contribution in [0.25, 0.3) is 0 Å². The summed E-state index contributed by atoms with van der Waals surface area (Å²) in [5.74, 6) is 0.0407. The van der Waals surface area contributed by atoms with Crippen LogP contribution in [0.5, 0.6) is 0 Å². The van der Waals surface area contributed by atoms with Crippen LogP contribution in [0.2, 0.25) is 0 Å². The number of carbonyl (C=O) groups excluding carboxylic acids is 1. The Labute approximate surface area is 142 Å². The highest BCUT2D eigenvalue weighted by atomic mass is 16.6. The van der Waals surface area contributed by atoms with Gasteiger partial charge in [-0.1, -0.05) is 7.43 Å². The van der Waals surface area contributed by atoms with Crippen molar-refractivity contribution in [1.82, 2.24) is 4.90 Å². The van der Waals surface area contributed by atoms with Gasteiger partial charge in [0, 0.05) is 37.5 Å². The van der Waals surface area contributed by atoms with Crippen LogP contribution < -0.4 is 4.90 Å². The Kier molecular flexibility index (Phi) is 5.56. The second kappa shape index (κ2) is 7.27. The first-order valence-electron chi connectivity index (χ1n) is 7.89. The molecule has 3 rings (SSSR count). The van der Waals surface area contributed by atoms with Crippen LogP contribution in [0.15, 0.2) is 18.2 Å². The zero-order chi connectivity index (χ0) is 16.6. The monoisotopic (exact) mass is 335 g/mol. The third-order valence-corrected chi connectivity index (χ3v) is 4.32. The number of morpholine rings is 1. The van der Waals surface area contributed by atoms with Crippen molar-refractivity contribution in [2.45, 2.75) is 39.9 Å². The van der Waals surface area contributed by atoms with Crippen molar-refractivity contribution >= 4 is 17.3 Å². The van der Waals surface area contributed by atoms with Crippen molar-refractivity contribution in [2.75, 3.05) is 31.1 Å². The number of nitrogens with zero attached hydrogens (tertiary/aromatic N) is 3. The topological polar surface area (TPSA) is 75.9 Å². The molecule has 132 valence electrons. The molecule has 2 unspecified atom stereocenters. The van der Waals surface area contributed by atoms with E-state index in [0.717, 1.165) is 24.3 Å². The van der Waals surface area contributed by atoms with Crippen molar-refractivity contribution in [3.63, 3.8) is 0 Å². The van der Waals surface area contributed by atoms with E-state index in [4.69, 9.17) is 4.74 Å². The van der Waals surface area contributed by atoms with E-state index in [0.29, 0.717) is 19.5 Å². The molecule has 0 aromatic heterocycles. The number of nitro benzene ring substituents is 1. The molecule has 24 heavy (non-hydrogen) atoms. The molecule has 1 aromatic rings. The molecule has 2 heterocycles. The summed E-state index contributed by atoms with van der Waals surface area (Å²) in [6, 6.07) is 4.72. The van der Waals surface area contributed by atoms with Gasteiger partial charge in [0.2, 0.25) is 5.91 Å². The molecule has 1 aromatic carbocycles. The predicted octanol–water partition coefficient (Wildman–Crippen LogP) is 2.23. The van der Waals surface area contributed by atoms with Gasteiger partial charge in [-0.2, -0.15) is 0 Å². The Bertz CT molecular complexity index is 624. The maximum atomic E-state index is 12.6. The predicted molar refractivity (Wildman–Crippen MR) is 92.3 cm³/mol. The number of hydrogen-bond donors (Lipinski definition) is 0. The van der Waals surface area contributed by atoms with Crippen molar-refractivity contribution in [2.24, 2.45) is 0 Å². The number of anilines is 1. The summed E-state index contributed by atoms with van der Waals surface area (Å²) in [5, 5.41) is 10.8. The van der Waals surface area contributed by atoms with Crippen LogP contribution in [0.3, 0.4) is 0 Å². The lowest BCUT2D eigenvalue weighted by Gasteiger charge is -2.35. The Morgan fingerprint density at radius 3 is 2.62 bits per heavy atom. The molecule has 2 aliphatic heterocycles. The molecule has 2 atom stereocenters. The van der Waals surface area contributed by atoms with E-state index in [-0.39, 0.29) is 31.2 Å². The van der Waals surface area contributed by atoms with E-state index < -0.39 is 4.92 Å². The van der Waals surface area contributed by atoms with Gasteiger partial charge in [-0.3, -0.25) is 19.8 Å². The molecule has 0 radical (unpaired) electrons. The normalized spacial score (nSPS) is 23.5. The average molecular weight is 335 g/mol. The number of hydrogen-bond acceptors (Lipinski definition) is 5. The third kappa shape index (κ3) is 3.73. The highest BCUT2D eigenvalue weighted by molar-refractivity contribution is 5.97. The molecule has 7 nitrogen and oxygen atoms in total. The molecule has 0 aliphatic carbocycles. The number of ether oxygens (including phenoxy) is 1. The Hall–Kier alpha value is -1.99. The Balaban J connectivity index is 0.00000208. The minimum atomic E-state index is -0.402. The van der Waals surface area contributed by atoms with Gasteiger partial charge in [0.05, 0.1) is 23.7 Å². The first kappa shape index (κ1) is 18.4. The van der Waals surface area contributed by atoms with E-state index in [1.165, 1.54) is 6.07 Å². The van der Waals surface area contributed by atoms with Gasteiger partial charge in [0.15, 0.2) is 0 Å². The number of amides is 1. The summed E-state index contributed by atoms with van der Waals surface area (Å²) in [7, 11) is 0. The Morgan fingerprint density at radius 2 is 2.00 bits per heavy atom. The van der Waals surface area contributed by atoms with Crippen molar-refractivity contribution in [1.29, 1.82) is 0 Å². The van der Waals surface area contributed by atoms with Gasteiger partial charge < -0.3 is 9.64 Å². The minimum absolute atomic E-state index is 0. The number of nitro groups is 1. The number of benzene rings is 1. The fourth-order valence-electron chi connectivity index (χ4n) is 3.45. The van der Waals surface area contributed by atoms with Crippen molar-refractivity contribution < 1.29 is 14.5 Å². The molecule has 2 aliphatic rings. The standard InChI is InChI=1S/C16H21N3O4.CH4/c1-11-8-17(9-12(2)23-11)10-16(20)18-6-5-13-7-14(19(21)22)3-4-15(13)18;/h3-4,7,11-12H,5-6,8-10H2,1-2H3;1H4. The lowest BCUT2D eigenvalue weighted by atomic mass is 10.1. The summed E-state index contributed by atoms with van der Waals surface area (Å²) in [5.41, 5.74) is 1.75. The van der Waals surface area contributed by atoms with Gasteiger partial charge in [-0.05, 0) is 31.9 Å². The summed E-state index contributed by atoms with van der Waals surface area (Å²) >= 11 is 0. The second-order valence-electron chi connectivity index (χ2n) is 6.32. The number of fused-ring (bicyclic) bond motifs is 1. The van der Waals surface area contributed by atoms with Crippen LogP contribution in [-0.2, 0) is 16.0 Å². The van der Waals surface area contributed by atoms with Gasteiger partial charge in [0.1, 0.15) is 0 Å². The highest BCUT2D eigenvalue weighted by Gasteiger charge is 2.29. The summed E-state index contributed by atoms with van der Waals surface area (Å²) in [6.45, 7) is 6.46. The lowest BCUT2D eigenvalue weighted by molar-refractivity contribution is -0.384. The summed E-state index contributed by atoms with van der Waals surface area (Å²) < 4.78 is 5.68. The largest absolute Gasteiger partial charge is 0.373 e. The van der Waals surface area contributed by atoms with E-state index in [1.54, 1.807) is 17.0 Å². The van der Waals surface area contributed by atoms with Crippen molar-refractivity contribution in [3.8, 4) is 0 Å². The molecule has 7 heteroatoms. The Morgan fingerprint density at radius 1 is 1.33 bits per heavy atom. The van der Waals surface area contributed by atoms with Gasteiger partial charge >= 0.3 is 0 Å². The van der Waals surface area contributed by atoms with Gasteiger partial charge in [-0.25, -0.2) is 0 Å².